The zero-order valence-electron chi connectivity index (χ0n) is 16.7. The Morgan fingerprint density at radius 3 is 2.38 bits per heavy atom. The molecule has 0 N–H and O–H groups in total. The summed E-state index contributed by atoms with van der Waals surface area (Å²) in [5.74, 6) is 0.829. The number of pyridine rings is 1. The molecule has 3 aromatic carbocycles. The van der Waals surface area contributed by atoms with Gasteiger partial charge in [-0.05, 0) is 67.4 Å². The molecule has 4 nitrogen and oxygen atoms in total. The van der Waals surface area contributed by atoms with E-state index in [0.29, 0.717) is 0 Å². The Bertz CT molecular complexity index is 1350. The average molecular weight is 379 g/mol. The maximum atomic E-state index is 5.31. The predicted molar refractivity (Wildman–Crippen MR) is 118 cm³/mol. The van der Waals surface area contributed by atoms with Crippen LogP contribution in [0.3, 0.4) is 0 Å². The van der Waals surface area contributed by atoms with Gasteiger partial charge in [0.05, 0.1) is 23.8 Å². The number of ether oxygens (including phenoxy) is 1. The smallest absolute Gasteiger partial charge is 0.118 e. The molecule has 0 atom stereocenters. The monoisotopic (exact) mass is 379 g/mol. The van der Waals surface area contributed by atoms with Gasteiger partial charge in [-0.2, -0.15) is 5.10 Å². The van der Waals surface area contributed by atoms with Crippen LogP contribution in [0.5, 0.6) is 5.75 Å². The first-order valence-corrected chi connectivity index (χ1v) is 9.64. The quantitative estimate of drug-likeness (QED) is 0.394. The number of aryl methyl sites for hydroxylation is 2. The molecule has 0 saturated heterocycles. The molecule has 4 heteroatoms. The number of hydrogen-bond acceptors (Lipinski definition) is 3. The number of hydrogen-bond donors (Lipinski definition) is 0. The molecule has 5 aromatic rings. The van der Waals surface area contributed by atoms with Gasteiger partial charge in [0.1, 0.15) is 11.4 Å². The first-order chi connectivity index (χ1) is 14.2. The van der Waals surface area contributed by atoms with Gasteiger partial charge in [0.25, 0.3) is 0 Å². The highest BCUT2D eigenvalue weighted by Gasteiger charge is 2.17. The normalized spacial score (nSPS) is 11.3. The van der Waals surface area contributed by atoms with Gasteiger partial charge < -0.3 is 4.74 Å². The fourth-order valence-electron chi connectivity index (χ4n) is 3.74. The minimum atomic E-state index is 0.829. The minimum absolute atomic E-state index is 0.829. The number of para-hydroxylation sites is 1. The lowest BCUT2D eigenvalue weighted by atomic mass is 10.1. The van der Waals surface area contributed by atoms with Crippen molar-refractivity contribution < 1.29 is 4.74 Å². The average Bonchev–Trinajstić information content (AvgIpc) is 3.16. The molecule has 0 aliphatic carbocycles. The van der Waals surface area contributed by atoms with Crippen LogP contribution in [-0.4, -0.2) is 21.9 Å². The van der Waals surface area contributed by atoms with Crippen LogP contribution in [0.15, 0.2) is 72.9 Å². The lowest BCUT2D eigenvalue weighted by Crippen LogP contribution is -1.98. The van der Waals surface area contributed by atoms with Gasteiger partial charge in [0, 0.05) is 22.5 Å². The molecule has 142 valence electrons. The lowest BCUT2D eigenvalue weighted by molar-refractivity contribution is 0.415. The maximum absolute atomic E-state index is 5.31. The number of benzene rings is 3. The van der Waals surface area contributed by atoms with E-state index in [4.69, 9.17) is 9.84 Å². The van der Waals surface area contributed by atoms with Gasteiger partial charge in [0.15, 0.2) is 0 Å². The Kier molecular flexibility index (Phi) is 4.06. The summed E-state index contributed by atoms with van der Waals surface area (Å²) in [7, 11) is 1.68. The zero-order chi connectivity index (χ0) is 20.0. The predicted octanol–water partition coefficient (Wildman–Crippen LogP) is 5.87. The van der Waals surface area contributed by atoms with Crippen molar-refractivity contribution in [2.75, 3.05) is 7.11 Å². The Hall–Kier alpha value is -3.66. The Morgan fingerprint density at radius 2 is 1.62 bits per heavy atom. The number of methoxy groups -OCH3 is 1. The van der Waals surface area contributed by atoms with E-state index in [1.54, 1.807) is 7.11 Å². The van der Waals surface area contributed by atoms with Gasteiger partial charge in [-0.25, -0.2) is 4.68 Å². The number of fused-ring (bicyclic) bond motifs is 3. The van der Waals surface area contributed by atoms with Gasteiger partial charge in [0.2, 0.25) is 0 Å². The first kappa shape index (κ1) is 17.4. The second-order valence-corrected chi connectivity index (χ2v) is 7.30. The molecular formula is C25H21N3O. The summed E-state index contributed by atoms with van der Waals surface area (Å²) in [6, 6.07) is 22.7. The van der Waals surface area contributed by atoms with E-state index in [1.807, 2.05) is 53.3 Å². The van der Waals surface area contributed by atoms with Gasteiger partial charge in [-0.3, -0.25) is 4.98 Å². The second-order valence-electron chi connectivity index (χ2n) is 7.30. The lowest BCUT2D eigenvalue weighted by Gasteiger charge is -2.08. The van der Waals surface area contributed by atoms with Crippen LogP contribution in [0, 0.1) is 13.8 Å². The molecule has 5 rings (SSSR count). The van der Waals surface area contributed by atoms with E-state index in [9.17, 15) is 0 Å². The highest BCUT2D eigenvalue weighted by Crippen LogP contribution is 2.34. The van der Waals surface area contributed by atoms with E-state index in [0.717, 1.165) is 44.5 Å². The van der Waals surface area contributed by atoms with Crippen LogP contribution in [0.25, 0.3) is 38.8 Å². The van der Waals surface area contributed by atoms with Crippen molar-refractivity contribution in [2.45, 2.75) is 13.8 Å². The van der Waals surface area contributed by atoms with Crippen molar-refractivity contribution in [3.8, 4) is 22.7 Å². The summed E-state index contributed by atoms with van der Waals surface area (Å²) in [6.45, 7) is 4.26. The third-order valence-electron chi connectivity index (χ3n) is 5.51. The Balaban J connectivity index is 1.85. The maximum Gasteiger partial charge on any atom is 0.118 e. The van der Waals surface area contributed by atoms with E-state index in [2.05, 4.69) is 43.1 Å². The van der Waals surface area contributed by atoms with Crippen molar-refractivity contribution in [3.63, 3.8) is 0 Å². The summed E-state index contributed by atoms with van der Waals surface area (Å²) in [6.07, 6.45) is 1.93. The molecule has 0 aliphatic rings. The van der Waals surface area contributed by atoms with Crippen LogP contribution in [0.4, 0.5) is 0 Å². The summed E-state index contributed by atoms with van der Waals surface area (Å²) in [5.41, 5.74) is 7.56. The van der Waals surface area contributed by atoms with E-state index >= 15 is 0 Å². The van der Waals surface area contributed by atoms with Gasteiger partial charge in [-0.15, -0.1) is 0 Å². The largest absolute Gasteiger partial charge is 0.497 e. The summed E-state index contributed by atoms with van der Waals surface area (Å²) in [5, 5.41) is 7.17. The molecule has 0 bridgehead atoms. The number of nitrogens with zero attached hydrogens (tertiary/aromatic N) is 3. The first-order valence-electron chi connectivity index (χ1n) is 9.64. The standard InChI is InChI=1S/C25H21N3O/c1-16-8-11-19(14-17(16)2)28-25-21-6-4-5-7-23(21)26-15-22(25)24(27-28)18-9-12-20(29-3)13-10-18/h4-15H,1-3H3. The topological polar surface area (TPSA) is 39.9 Å². The van der Waals surface area contributed by atoms with Crippen molar-refractivity contribution in [3.05, 3.63) is 84.1 Å². The molecule has 0 unspecified atom stereocenters. The van der Waals surface area contributed by atoms with E-state index in [1.165, 1.54) is 11.1 Å². The Morgan fingerprint density at radius 1 is 0.828 bits per heavy atom. The van der Waals surface area contributed by atoms with Crippen molar-refractivity contribution in [1.82, 2.24) is 14.8 Å². The van der Waals surface area contributed by atoms with Crippen LogP contribution in [-0.2, 0) is 0 Å². The molecule has 2 aromatic heterocycles. The molecule has 0 aliphatic heterocycles. The second kappa shape index (κ2) is 6.74. The molecule has 0 fully saturated rings. The fourth-order valence-corrected chi connectivity index (χ4v) is 3.74. The summed E-state index contributed by atoms with van der Waals surface area (Å²) in [4.78, 5) is 4.69. The van der Waals surface area contributed by atoms with Crippen LogP contribution in [0.2, 0.25) is 0 Å². The van der Waals surface area contributed by atoms with Crippen molar-refractivity contribution in [1.29, 1.82) is 0 Å². The minimum Gasteiger partial charge on any atom is -0.497 e. The third kappa shape index (κ3) is 2.85. The van der Waals surface area contributed by atoms with Crippen LogP contribution in [0.1, 0.15) is 11.1 Å². The van der Waals surface area contributed by atoms with Crippen molar-refractivity contribution >= 4 is 21.8 Å². The number of aromatic nitrogens is 3. The molecule has 0 amide bonds. The third-order valence-corrected chi connectivity index (χ3v) is 5.51. The molecular weight excluding hydrogens is 358 g/mol. The fraction of sp³-hybridized carbons (Fsp3) is 0.120. The molecule has 29 heavy (non-hydrogen) atoms. The van der Waals surface area contributed by atoms with E-state index < -0.39 is 0 Å². The SMILES string of the molecule is COc1ccc(-c2nn(-c3ccc(C)c(C)c3)c3c2cnc2ccccc23)cc1. The van der Waals surface area contributed by atoms with Gasteiger partial charge in [-0.1, -0.05) is 24.3 Å². The van der Waals surface area contributed by atoms with E-state index in [-0.39, 0.29) is 0 Å². The number of rotatable bonds is 3. The van der Waals surface area contributed by atoms with Crippen LogP contribution < -0.4 is 4.74 Å². The molecule has 0 radical (unpaired) electrons. The van der Waals surface area contributed by atoms with Crippen LogP contribution >= 0.6 is 0 Å². The van der Waals surface area contributed by atoms with Gasteiger partial charge >= 0.3 is 0 Å². The van der Waals surface area contributed by atoms with Crippen molar-refractivity contribution in [2.24, 2.45) is 0 Å². The highest BCUT2D eigenvalue weighted by atomic mass is 16.5. The summed E-state index contributed by atoms with van der Waals surface area (Å²) < 4.78 is 7.36. The molecule has 2 heterocycles. The molecule has 0 spiro atoms. The highest BCUT2D eigenvalue weighted by molar-refractivity contribution is 6.08. The zero-order valence-corrected chi connectivity index (χ0v) is 16.7. The summed E-state index contributed by atoms with van der Waals surface area (Å²) >= 11 is 0. The molecule has 0 saturated carbocycles. The Labute approximate surface area is 169 Å².